The smallest absolute Gasteiger partial charge is 0.337 e. The zero-order valence-corrected chi connectivity index (χ0v) is 13.8. The van der Waals surface area contributed by atoms with E-state index in [1.54, 1.807) is 42.5 Å². The van der Waals surface area contributed by atoms with Crippen LogP contribution in [0, 0.1) is 0 Å². The largest absolute Gasteiger partial charge is 0.493 e. The third kappa shape index (κ3) is 3.21. The predicted molar refractivity (Wildman–Crippen MR) is 89.6 cm³/mol. The first-order valence-corrected chi connectivity index (χ1v) is 7.88. The molecule has 5 nitrogen and oxygen atoms in total. The maximum absolute atomic E-state index is 12.5. The fourth-order valence-corrected chi connectivity index (χ4v) is 2.89. The first-order chi connectivity index (χ1) is 11.6. The number of amides is 1. The molecule has 1 atom stereocenters. The number of nitrogens with one attached hydrogen (secondary N) is 1. The molecule has 2 aromatic rings. The molecule has 0 unspecified atom stereocenters. The van der Waals surface area contributed by atoms with Crippen molar-refractivity contribution < 1.29 is 19.1 Å². The summed E-state index contributed by atoms with van der Waals surface area (Å²) < 4.78 is 10.3. The number of rotatable bonds is 3. The molecule has 3 rings (SSSR count). The third-order valence-corrected chi connectivity index (χ3v) is 4.22. The lowest BCUT2D eigenvalue weighted by Gasteiger charge is -2.27. The molecule has 0 radical (unpaired) electrons. The second-order valence-electron chi connectivity index (χ2n) is 5.39. The number of halogens is 1. The summed E-state index contributed by atoms with van der Waals surface area (Å²) >= 11 is 6.08. The number of carbonyl (C=O) groups is 2. The van der Waals surface area contributed by atoms with E-state index >= 15 is 0 Å². The van der Waals surface area contributed by atoms with Crippen molar-refractivity contribution in [1.29, 1.82) is 0 Å². The number of hydrogen-bond donors (Lipinski definition) is 1. The molecule has 6 heteroatoms. The summed E-state index contributed by atoms with van der Waals surface area (Å²) in [4.78, 5) is 24.2. The molecular formula is C18H16ClNO4. The van der Waals surface area contributed by atoms with Crippen molar-refractivity contribution in [1.82, 2.24) is 5.32 Å². The Morgan fingerprint density at radius 1 is 1.25 bits per heavy atom. The summed E-state index contributed by atoms with van der Waals surface area (Å²) in [6, 6.07) is 11.7. The third-order valence-electron chi connectivity index (χ3n) is 3.89. The molecule has 24 heavy (non-hydrogen) atoms. The number of hydrogen-bond acceptors (Lipinski definition) is 4. The summed E-state index contributed by atoms with van der Waals surface area (Å²) in [6.45, 7) is 0.484. The molecule has 0 saturated carbocycles. The summed E-state index contributed by atoms with van der Waals surface area (Å²) in [5.74, 6) is -0.0418. The number of methoxy groups -OCH3 is 1. The molecule has 124 valence electrons. The number of ether oxygens (including phenoxy) is 2. The van der Waals surface area contributed by atoms with Crippen LogP contribution < -0.4 is 10.1 Å². The quantitative estimate of drug-likeness (QED) is 0.866. The van der Waals surface area contributed by atoms with Gasteiger partial charge in [0, 0.05) is 12.0 Å². The van der Waals surface area contributed by atoms with Gasteiger partial charge in [-0.3, -0.25) is 4.79 Å². The number of carbonyl (C=O) groups excluding carboxylic acids is 2. The van der Waals surface area contributed by atoms with Crippen LogP contribution in [-0.2, 0) is 4.74 Å². The molecule has 1 aliphatic rings. The molecule has 1 aliphatic heterocycles. The molecule has 1 N–H and O–H groups in total. The summed E-state index contributed by atoms with van der Waals surface area (Å²) in [5.41, 5.74) is 1.58. The minimum absolute atomic E-state index is 0.262. The standard InChI is InChI=1S/C18H16ClNO4/c1-23-18(22)11-6-7-16-13(10-11)15(8-9-24-16)20-17(21)12-4-2-3-5-14(12)19/h2-7,10,15H,8-9H2,1H3,(H,20,21)/t15-/m1/s1. The van der Waals surface area contributed by atoms with Crippen LogP contribution in [0.5, 0.6) is 5.75 Å². The fraction of sp³-hybridized carbons (Fsp3) is 0.222. The molecular weight excluding hydrogens is 330 g/mol. The minimum Gasteiger partial charge on any atom is -0.493 e. The summed E-state index contributed by atoms with van der Waals surface area (Å²) in [7, 11) is 1.33. The van der Waals surface area contributed by atoms with Crippen molar-refractivity contribution in [3.8, 4) is 5.75 Å². The van der Waals surface area contributed by atoms with Gasteiger partial charge >= 0.3 is 5.97 Å². The average Bonchev–Trinajstić information content (AvgIpc) is 2.61. The van der Waals surface area contributed by atoms with E-state index in [0.717, 1.165) is 5.56 Å². The van der Waals surface area contributed by atoms with Gasteiger partial charge in [-0.15, -0.1) is 0 Å². The zero-order valence-electron chi connectivity index (χ0n) is 13.0. The van der Waals surface area contributed by atoms with E-state index in [2.05, 4.69) is 5.32 Å². The van der Waals surface area contributed by atoms with Crippen molar-refractivity contribution in [2.75, 3.05) is 13.7 Å². The molecule has 2 aromatic carbocycles. The monoisotopic (exact) mass is 345 g/mol. The lowest BCUT2D eigenvalue weighted by molar-refractivity contribution is 0.0600. The molecule has 1 amide bonds. The highest BCUT2D eigenvalue weighted by Gasteiger charge is 2.25. The second kappa shape index (κ2) is 6.93. The fourth-order valence-electron chi connectivity index (χ4n) is 2.67. The van der Waals surface area contributed by atoms with E-state index in [-0.39, 0.29) is 11.9 Å². The maximum Gasteiger partial charge on any atom is 0.337 e. The minimum atomic E-state index is -0.431. The number of esters is 1. The highest BCUT2D eigenvalue weighted by Crippen LogP contribution is 2.33. The molecule has 0 saturated heterocycles. The number of fused-ring (bicyclic) bond motifs is 1. The molecule has 0 spiro atoms. The van der Waals surface area contributed by atoms with Crippen LogP contribution in [0.25, 0.3) is 0 Å². The van der Waals surface area contributed by atoms with Crippen molar-refractivity contribution in [2.45, 2.75) is 12.5 Å². The summed E-state index contributed by atoms with van der Waals surface area (Å²) in [6.07, 6.45) is 0.605. The Kier molecular flexibility index (Phi) is 4.71. The SMILES string of the molecule is COC(=O)c1ccc2c(c1)[C@H](NC(=O)c1ccccc1Cl)CCO2. The van der Waals surface area contributed by atoms with Gasteiger partial charge in [-0.1, -0.05) is 23.7 Å². The van der Waals surface area contributed by atoms with Crippen molar-refractivity contribution >= 4 is 23.5 Å². The number of benzene rings is 2. The topological polar surface area (TPSA) is 64.6 Å². The Labute approximate surface area is 144 Å². The normalized spacial score (nSPS) is 15.8. The van der Waals surface area contributed by atoms with Gasteiger partial charge in [-0.05, 0) is 30.3 Å². The Bertz CT molecular complexity index is 790. The molecule has 0 aromatic heterocycles. The Hall–Kier alpha value is -2.53. The van der Waals surface area contributed by atoms with E-state index in [9.17, 15) is 9.59 Å². The second-order valence-corrected chi connectivity index (χ2v) is 5.79. The van der Waals surface area contributed by atoms with Crippen LogP contribution in [0.4, 0.5) is 0 Å². The first-order valence-electron chi connectivity index (χ1n) is 7.50. The van der Waals surface area contributed by atoms with Gasteiger partial charge in [0.05, 0.1) is 35.9 Å². The molecule has 0 aliphatic carbocycles. The molecule has 0 fully saturated rings. The lowest BCUT2D eigenvalue weighted by atomic mass is 9.97. The van der Waals surface area contributed by atoms with Crippen LogP contribution in [0.1, 0.15) is 38.7 Å². The van der Waals surface area contributed by atoms with Crippen LogP contribution in [-0.4, -0.2) is 25.6 Å². The van der Waals surface area contributed by atoms with Gasteiger partial charge < -0.3 is 14.8 Å². The van der Waals surface area contributed by atoms with Crippen LogP contribution in [0.2, 0.25) is 5.02 Å². The van der Waals surface area contributed by atoms with E-state index in [0.29, 0.717) is 34.9 Å². The highest BCUT2D eigenvalue weighted by atomic mass is 35.5. The van der Waals surface area contributed by atoms with Crippen molar-refractivity contribution in [2.24, 2.45) is 0 Å². The van der Waals surface area contributed by atoms with Crippen molar-refractivity contribution in [3.63, 3.8) is 0 Å². The van der Waals surface area contributed by atoms with Crippen molar-refractivity contribution in [3.05, 3.63) is 64.2 Å². The van der Waals surface area contributed by atoms with E-state index < -0.39 is 5.97 Å². The summed E-state index contributed by atoms with van der Waals surface area (Å²) in [5, 5.41) is 3.35. The van der Waals surface area contributed by atoms with Gasteiger partial charge in [0.1, 0.15) is 5.75 Å². The zero-order chi connectivity index (χ0) is 17.1. The van der Waals surface area contributed by atoms with Crippen LogP contribution in [0.15, 0.2) is 42.5 Å². The Morgan fingerprint density at radius 2 is 2.04 bits per heavy atom. The maximum atomic E-state index is 12.5. The van der Waals surface area contributed by atoms with E-state index in [1.807, 2.05) is 0 Å². The van der Waals surface area contributed by atoms with Gasteiger partial charge in [0.25, 0.3) is 5.91 Å². The van der Waals surface area contributed by atoms with Crippen LogP contribution in [0.3, 0.4) is 0 Å². The van der Waals surface area contributed by atoms with E-state index in [1.165, 1.54) is 7.11 Å². The van der Waals surface area contributed by atoms with Crippen LogP contribution >= 0.6 is 11.6 Å². The Morgan fingerprint density at radius 3 is 2.79 bits per heavy atom. The van der Waals surface area contributed by atoms with E-state index in [4.69, 9.17) is 21.1 Å². The van der Waals surface area contributed by atoms with Gasteiger partial charge in [-0.25, -0.2) is 4.79 Å². The predicted octanol–water partition coefficient (Wildman–Crippen LogP) is 3.38. The first kappa shape index (κ1) is 16.3. The molecule has 0 bridgehead atoms. The highest BCUT2D eigenvalue weighted by molar-refractivity contribution is 6.33. The Balaban J connectivity index is 1.87. The van der Waals surface area contributed by atoms with Gasteiger partial charge in [0.15, 0.2) is 0 Å². The van der Waals surface area contributed by atoms with Gasteiger partial charge in [0.2, 0.25) is 0 Å². The lowest BCUT2D eigenvalue weighted by Crippen LogP contribution is -2.32. The molecule has 1 heterocycles. The van der Waals surface area contributed by atoms with Gasteiger partial charge in [-0.2, -0.15) is 0 Å². The average molecular weight is 346 g/mol.